The van der Waals surface area contributed by atoms with E-state index in [4.69, 9.17) is 5.11 Å². The lowest BCUT2D eigenvalue weighted by Crippen LogP contribution is -2.20. The fourth-order valence-electron chi connectivity index (χ4n) is 1.25. The second-order valence-electron chi connectivity index (χ2n) is 3.30. The molecule has 1 saturated heterocycles. The topological polar surface area (TPSA) is 63.1 Å². The highest BCUT2D eigenvalue weighted by Gasteiger charge is 2.24. The van der Waals surface area contributed by atoms with Gasteiger partial charge in [0.1, 0.15) is 5.82 Å². The van der Waals surface area contributed by atoms with E-state index in [1.54, 1.807) is 13.1 Å². The van der Waals surface area contributed by atoms with Gasteiger partial charge in [-0.1, -0.05) is 0 Å². The third-order valence-corrected chi connectivity index (χ3v) is 3.47. The first-order valence-corrected chi connectivity index (χ1v) is 5.48. The van der Waals surface area contributed by atoms with Crippen LogP contribution in [-0.4, -0.2) is 32.5 Å². The Labute approximate surface area is 85.8 Å². The Balaban J connectivity index is 2.34. The number of aromatic carboxylic acids is 1. The number of rotatable bonds is 2. The summed E-state index contributed by atoms with van der Waals surface area (Å²) in [5, 5.41) is 8.87. The van der Waals surface area contributed by atoms with E-state index in [0.29, 0.717) is 17.3 Å². The zero-order chi connectivity index (χ0) is 10.1. The second-order valence-corrected chi connectivity index (χ2v) is 4.37. The minimum absolute atomic E-state index is 0.131. The van der Waals surface area contributed by atoms with Gasteiger partial charge in [-0.15, -0.1) is 0 Å². The average molecular weight is 210 g/mol. The highest BCUT2D eigenvalue weighted by Crippen LogP contribution is 2.31. The fourth-order valence-corrected chi connectivity index (χ4v) is 2.02. The predicted molar refractivity (Wildman–Crippen MR) is 53.8 cm³/mol. The van der Waals surface area contributed by atoms with Gasteiger partial charge in [-0.25, -0.2) is 14.8 Å². The molecule has 14 heavy (non-hydrogen) atoms. The Hall–Kier alpha value is -1.10. The van der Waals surface area contributed by atoms with Gasteiger partial charge in [-0.2, -0.15) is 11.8 Å². The van der Waals surface area contributed by atoms with Crippen LogP contribution in [0.5, 0.6) is 0 Å². The van der Waals surface area contributed by atoms with E-state index >= 15 is 0 Å². The molecule has 1 N–H and O–H groups in total. The first kappa shape index (κ1) is 9.45. The van der Waals surface area contributed by atoms with E-state index < -0.39 is 5.97 Å². The molecule has 4 nitrogen and oxygen atoms in total. The van der Waals surface area contributed by atoms with Gasteiger partial charge in [0, 0.05) is 29.2 Å². The summed E-state index contributed by atoms with van der Waals surface area (Å²) in [4.78, 5) is 19.0. The maximum atomic E-state index is 10.8. The summed E-state index contributed by atoms with van der Waals surface area (Å²) in [6.07, 6.45) is 1.59. The summed E-state index contributed by atoms with van der Waals surface area (Å²) in [6, 6.07) is 0. The molecule has 74 valence electrons. The van der Waals surface area contributed by atoms with Crippen LogP contribution in [0.15, 0.2) is 6.20 Å². The lowest BCUT2D eigenvalue weighted by molar-refractivity contribution is 0.0689. The summed E-state index contributed by atoms with van der Waals surface area (Å²) in [7, 11) is 0. The molecule has 1 fully saturated rings. The number of hydrogen-bond donors (Lipinski definition) is 1. The van der Waals surface area contributed by atoms with Crippen LogP contribution in [0, 0.1) is 6.92 Å². The van der Waals surface area contributed by atoms with Gasteiger partial charge >= 0.3 is 5.97 Å². The summed E-state index contributed by atoms with van der Waals surface area (Å²) in [6.45, 7) is 1.71. The molecule has 0 unspecified atom stereocenters. The average Bonchev–Trinajstić information content (AvgIpc) is 2.04. The number of hydrogen-bond acceptors (Lipinski definition) is 4. The molecule has 0 radical (unpaired) electrons. The molecule has 1 aliphatic heterocycles. The molecule has 1 aromatic heterocycles. The van der Waals surface area contributed by atoms with Crippen molar-refractivity contribution in [1.29, 1.82) is 0 Å². The number of aromatic nitrogens is 2. The highest BCUT2D eigenvalue weighted by atomic mass is 32.2. The summed E-state index contributed by atoms with van der Waals surface area (Å²) >= 11 is 1.83. The predicted octanol–water partition coefficient (Wildman–Crippen LogP) is 1.31. The molecule has 0 spiro atoms. The van der Waals surface area contributed by atoms with Crippen molar-refractivity contribution >= 4 is 17.7 Å². The molecule has 0 amide bonds. The molecule has 0 aliphatic carbocycles. The largest absolute Gasteiger partial charge is 0.477 e. The van der Waals surface area contributed by atoms with Gasteiger partial charge in [0.15, 0.2) is 5.69 Å². The van der Waals surface area contributed by atoms with Gasteiger partial charge in [0.05, 0.1) is 0 Å². The number of thioether (sulfide) groups is 1. The van der Waals surface area contributed by atoms with Crippen LogP contribution in [0.2, 0.25) is 0 Å². The molecular formula is C9H10N2O2S. The van der Waals surface area contributed by atoms with Crippen LogP contribution in [0.25, 0.3) is 0 Å². The zero-order valence-electron chi connectivity index (χ0n) is 7.73. The fraction of sp³-hybridized carbons (Fsp3) is 0.444. The van der Waals surface area contributed by atoms with E-state index in [-0.39, 0.29) is 5.69 Å². The minimum Gasteiger partial charge on any atom is -0.477 e. The number of carboxylic acid groups (broad SMARTS) is 1. The minimum atomic E-state index is -0.974. The molecule has 1 aromatic rings. The van der Waals surface area contributed by atoms with Crippen molar-refractivity contribution in [2.45, 2.75) is 12.8 Å². The van der Waals surface area contributed by atoms with Gasteiger partial charge in [-0.3, -0.25) is 0 Å². The molecule has 1 aliphatic rings. The molecule has 5 heteroatoms. The standard InChI is InChI=1S/C9H10N2O2S/c1-5-2-10-8(6-3-14-4-6)11-7(5)9(12)13/h2,6H,3-4H2,1H3,(H,12,13). The molecule has 0 atom stereocenters. The maximum absolute atomic E-state index is 10.8. The first-order valence-electron chi connectivity index (χ1n) is 4.33. The Morgan fingerprint density at radius 3 is 2.86 bits per heavy atom. The second kappa shape index (κ2) is 3.57. The van der Waals surface area contributed by atoms with Crippen molar-refractivity contribution in [3.63, 3.8) is 0 Å². The van der Waals surface area contributed by atoms with E-state index in [1.165, 1.54) is 0 Å². The maximum Gasteiger partial charge on any atom is 0.354 e. The van der Waals surface area contributed by atoms with E-state index in [2.05, 4.69) is 9.97 Å². The van der Waals surface area contributed by atoms with E-state index in [1.807, 2.05) is 11.8 Å². The molecule has 2 rings (SSSR count). The quantitative estimate of drug-likeness (QED) is 0.797. The van der Waals surface area contributed by atoms with Crippen LogP contribution in [-0.2, 0) is 0 Å². The van der Waals surface area contributed by atoms with Crippen molar-refractivity contribution < 1.29 is 9.90 Å². The lowest BCUT2D eigenvalue weighted by atomic mass is 10.1. The Morgan fingerprint density at radius 2 is 2.36 bits per heavy atom. The number of nitrogens with zero attached hydrogens (tertiary/aromatic N) is 2. The van der Waals surface area contributed by atoms with Crippen molar-refractivity contribution in [3.8, 4) is 0 Å². The van der Waals surface area contributed by atoms with Crippen LogP contribution >= 0.6 is 11.8 Å². The monoisotopic (exact) mass is 210 g/mol. The van der Waals surface area contributed by atoms with Crippen molar-refractivity contribution in [2.75, 3.05) is 11.5 Å². The molecule has 0 aromatic carbocycles. The molecular weight excluding hydrogens is 200 g/mol. The summed E-state index contributed by atoms with van der Waals surface area (Å²) < 4.78 is 0. The van der Waals surface area contributed by atoms with Crippen molar-refractivity contribution in [3.05, 3.63) is 23.3 Å². The van der Waals surface area contributed by atoms with E-state index in [0.717, 1.165) is 11.5 Å². The third kappa shape index (κ3) is 1.59. The summed E-state index contributed by atoms with van der Waals surface area (Å²) in [5.74, 6) is 2.05. The molecule has 0 bridgehead atoms. The van der Waals surface area contributed by atoms with Crippen molar-refractivity contribution in [1.82, 2.24) is 9.97 Å². The van der Waals surface area contributed by atoms with E-state index in [9.17, 15) is 4.79 Å². The Morgan fingerprint density at radius 1 is 1.64 bits per heavy atom. The van der Waals surface area contributed by atoms with Gasteiger partial charge in [-0.05, 0) is 6.92 Å². The van der Waals surface area contributed by atoms with Gasteiger partial charge < -0.3 is 5.11 Å². The SMILES string of the molecule is Cc1cnc(C2CSC2)nc1C(=O)O. The zero-order valence-corrected chi connectivity index (χ0v) is 8.54. The number of carboxylic acids is 1. The first-order chi connectivity index (χ1) is 6.68. The number of carbonyl (C=O) groups is 1. The smallest absolute Gasteiger partial charge is 0.354 e. The lowest BCUT2D eigenvalue weighted by Gasteiger charge is -2.23. The molecule has 0 saturated carbocycles. The van der Waals surface area contributed by atoms with Crippen LogP contribution < -0.4 is 0 Å². The normalized spacial score (nSPS) is 16.4. The highest BCUT2D eigenvalue weighted by molar-refractivity contribution is 8.00. The van der Waals surface area contributed by atoms with Gasteiger partial charge in [0.2, 0.25) is 0 Å². The van der Waals surface area contributed by atoms with Crippen LogP contribution in [0.1, 0.15) is 27.8 Å². The van der Waals surface area contributed by atoms with Crippen molar-refractivity contribution in [2.24, 2.45) is 0 Å². The Bertz CT molecular complexity index is 377. The Kier molecular flexibility index (Phi) is 2.41. The third-order valence-electron chi connectivity index (χ3n) is 2.20. The van der Waals surface area contributed by atoms with Gasteiger partial charge in [0.25, 0.3) is 0 Å². The van der Waals surface area contributed by atoms with Crippen LogP contribution in [0.3, 0.4) is 0 Å². The molecule has 2 heterocycles. The van der Waals surface area contributed by atoms with Crippen LogP contribution in [0.4, 0.5) is 0 Å². The summed E-state index contributed by atoms with van der Waals surface area (Å²) in [5.41, 5.74) is 0.750. The number of aryl methyl sites for hydroxylation is 1.